The molecular formula is C7H9ClN2O4S. The Balaban J connectivity index is 2.58. The molecule has 0 aliphatic rings. The molecule has 8 heteroatoms. The van der Waals surface area contributed by atoms with E-state index in [0.29, 0.717) is 13.0 Å². The molecular weight excluding hydrogens is 244 g/mol. The Morgan fingerprint density at radius 2 is 2.27 bits per heavy atom. The van der Waals surface area contributed by atoms with E-state index in [2.05, 4.69) is 5.10 Å². The molecule has 1 rings (SSSR count). The van der Waals surface area contributed by atoms with E-state index >= 15 is 0 Å². The minimum absolute atomic E-state index is 0.0167. The van der Waals surface area contributed by atoms with Gasteiger partial charge in [-0.1, -0.05) is 0 Å². The molecule has 1 aromatic heterocycles. The molecule has 84 valence electrons. The summed E-state index contributed by atoms with van der Waals surface area (Å²) in [6.07, 6.45) is 2.80. The molecule has 0 radical (unpaired) electrons. The summed E-state index contributed by atoms with van der Waals surface area (Å²) in [5.41, 5.74) is 0. The van der Waals surface area contributed by atoms with Crippen molar-refractivity contribution in [3.8, 4) is 0 Å². The minimum Gasteiger partial charge on any atom is -0.481 e. The van der Waals surface area contributed by atoms with Crippen LogP contribution in [0.1, 0.15) is 12.8 Å². The van der Waals surface area contributed by atoms with Crippen molar-refractivity contribution in [2.45, 2.75) is 24.3 Å². The van der Waals surface area contributed by atoms with Crippen LogP contribution in [-0.4, -0.2) is 29.3 Å². The molecule has 0 unspecified atom stereocenters. The lowest BCUT2D eigenvalue weighted by atomic mass is 10.3. The fourth-order valence-corrected chi connectivity index (χ4v) is 1.64. The topological polar surface area (TPSA) is 89.3 Å². The number of carboxylic acids is 1. The van der Waals surface area contributed by atoms with E-state index in [-0.39, 0.29) is 11.3 Å². The Morgan fingerprint density at radius 1 is 1.60 bits per heavy atom. The Morgan fingerprint density at radius 3 is 2.73 bits per heavy atom. The lowest BCUT2D eigenvalue weighted by Gasteiger charge is -1.97. The first-order chi connectivity index (χ1) is 6.89. The Labute approximate surface area is 90.9 Å². The van der Waals surface area contributed by atoms with Crippen LogP contribution in [0.4, 0.5) is 0 Å². The average Bonchev–Trinajstić information content (AvgIpc) is 2.51. The van der Waals surface area contributed by atoms with Crippen molar-refractivity contribution in [2.75, 3.05) is 0 Å². The maximum absolute atomic E-state index is 10.8. The van der Waals surface area contributed by atoms with Crippen LogP contribution in [0.2, 0.25) is 0 Å². The molecule has 1 heterocycles. The molecule has 1 N–H and O–H groups in total. The van der Waals surface area contributed by atoms with Gasteiger partial charge in [-0.15, -0.1) is 0 Å². The summed E-state index contributed by atoms with van der Waals surface area (Å²) in [4.78, 5) is 10.1. The first-order valence-electron chi connectivity index (χ1n) is 4.08. The standard InChI is InChI=1S/C7H9ClN2O4S/c8-15(13,14)6-4-9-10(5-6)3-1-2-7(11)12/h4-5H,1-3H2,(H,11,12). The Kier molecular flexibility index (Phi) is 3.70. The molecule has 15 heavy (non-hydrogen) atoms. The fourth-order valence-electron chi connectivity index (χ4n) is 0.985. The van der Waals surface area contributed by atoms with Crippen molar-refractivity contribution in [1.29, 1.82) is 0 Å². The predicted octanol–water partition coefficient (Wildman–Crippen LogP) is 0.675. The number of hydrogen-bond donors (Lipinski definition) is 1. The van der Waals surface area contributed by atoms with Gasteiger partial charge in [-0.3, -0.25) is 9.48 Å². The second-order valence-corrected chi connectivity index (χ2v) is 5.44. The van der Waals surface area contributed by atoms with E-state index in [1.165, 1.54) is 10.9 Å². The van der Waals surface area contributed by atoms with Crippen LogP contribution in [0, 0.1) is 0 Å². The minimum atomic E-state index is -3.75. The first-order valence-corrected chi connectivity index (χ1v) is 6.39. The van der Waals surface area contributed by atoms with E-state index in [1.54, 1.807) is 0 Å². The first kappa shape index (κ1) is 12.0. The van der Waals surface area contributed by atoms with Gasteiger partial charge in [0.15, 0.2) is 0 Å². The van der Waals surface area contributed by atoms with Crippen molar-refractivity contribution in [3.05, 3.63) is 12.4 Å². The van der Waals surface area contributed by atoms with E-state index < -0.39 is 15.0 Å². The zero-order chi connectivity index (χ0) is 11.5. The van der Waals surface area contributed by atoms with Gasteiger partial charge in [0.25, 0.3) is 9.05 Å². The molecule has 0 atom stereocenters. The highest BCUT2D eigenvalue weighted by molar-refractivity contribution is 8.13. The zero-order valence-electron chi connectivity index (χ0n) is 7.63. The molecule has 0 saturated carbocycles. The molecule has 0 bridgehead atoms. The summed E-state index contributed by atoms with van der Waals surface area (Å²) in [5, 5.41) is 12.1. The van der Waals surface area contributed by atoms with Crippen LogP contribution < -0.4 is 0 Å². The number of hydrogen-bond acceptors (Lipinski definition) is 4. The van der Waals surface area contributed by atoms with Gasteiger partial charge in [-0.25, -0.2) is 8.42 Å². The number of aliphatic carboxylic acids is 1. The van der Waals surface area contributed by atoms with Crippen molar-refractivity contribution in [1.82, 2.24) is 9.78 Å². The van der Waals surface area contributed by atoms with Crippen LogP contribution in [0.3, 0.4) is 0 Å². The van der Waals surface area contributed by atoms with Crippen LogP contribution in [0.5, 0.6) is 0 Å². The molecule has 0 aliphatic heterocycles. The molecule has 0 aliphatic carbocycles. The lowest BCUT2D eigenvalue weighted by Crippen LogP contribution is -2.02. The highest BCUT2D eigenvalue weighted by Crippen LogP contribution is 2.13. The fraction of sp³-hybridized carbons (Fsp3) is 0.429. The molecule has 0 saturated heterocycles. The van der Waals surface area contributed by atoms with Gasteiger partial charge in [0.2, 0.25) is 0 Å². The number of halogens is 1. The van der Waals surface area contributed by atoms with Gasteiger partial charge in [-0.2, -0.15) is 5.10 Å². The second kappa shape index (κ2) is 4.63. The summed E-state index contributed by atoms with van der Waals surface area (Å²) in [6, 6.07) is 0. The van der Waals surface area contributed by atoms with Gasteiger partial charge in [-0.05, 0) is 6.42 Å². The summed E-state index contributed by atoms with van der Waals surface area (Å²) in [6.45, 7) is 0.346. The highest BCUT2D eigenvalue weighted by atomic mass is 35.7. The van der Waals surface area contributed by atoms with Gasteiger partial charge in [0, 0.05) is 29.8 Å². The second-order valence-electron chi connectivity index (χ2n) is 2.87. The molecule has 0 fully saturated rings. The van der Waals surface area contributed by atoms with Crippen molar-refractivity contribution in [2.24, 2.45) is 0 Å². The van der Waals surface area contributed by atoms with E-state index in [0.717, 1.165) is 6.20 Å². The number of rotatable bonds is 5. The number of aryl methyl sites for hydroxylation is 1. The van der Waals surface area contributed by atoms with E-state index in [4.69, 9.17) is 15.8 Å². The third-order valence-electron chi connectivity index (χ3n) is 1.67. The van der Waals surface area contributed by atoms with Crippen molar-refractivity contribution >= 4 is 25.7 Å². The number of aromatic nitrogens is 2. The average molecular weight is 253 g/mol. The number of carbonyl (C=O) groups is 1. The van der Waals surface area contributed by atoms with Gasteiger partial charge in [0.1, 0.15) is 4.90 Å². The van der Waals surface area contributed by atoms with Gasteiger partial charge >= 0.3 is 5.97 Å². The largest absolute Gasteiger partial charge is 0.481 e. The van der Waals surface area contributed by atoms with Crippen LogP contribution in [0.15, 0.2) is 17.3 Å². The molecule has 6 nitrogen and oxygen atoms in total. The maximum Gasteiger partial charge on any atom is 0.303 e. The smallest absolute Gasteiger partial charge is 0.303 e. The molecule has 0 amide bonds. The highest BCUT2D eigenvalue weighted by Gasteiger charge is 2.12. The normalized spacial score (nSPS) is 11.5. The van der Waals surface area contributed by atoms with Crippen molar-refractivity contribution < 1.29 is 18.3 Å². The lowest BCUT2D eigenvalue weighted by molar-refractivity contribution is -0.137. The molecule has 1 aromatic rings. The SMILES string of the molecule is O=C(O)CCCn1cc(S(=O)(=O)Cl)cn1. The maximum atomic E-state index is 10.8. The molecule has 0 aromatic carbocycles. The van der Waals surface area contributed by atoms with Crippen LogP contribution in [-0.2, 0) is 20.4 Å². The van der Waals surface area contributed by atoms with Gasteiger partial charge < -0.3 is 5.11 Å². The Hall–Kier alpha value is -1.08. The van der Waals surface area contributed by atoms with Crippen LogP contribution >= 0.6 is 10.7 Å². The Bertz CT molecular complexity index is 453. The predicted molar refractivity (Wildman–Crippen MR) is 52.1 cm³/mol. The summed E-state index contributed by atoms with van der Waals surface area (Å²) in [7, 11) is 1.33. The third kappa shape index (κ3) is 3.88. The monoisotopic (exact) mass is 252 g/mol. The summed E-state index contributed by atoms with van der Waals surface area (Å²) in [5.74, 6) is -0.896. The van der Waals surface area contributed by atoms with Crippen molar-refractivity contribution in [3.63, 3.8) is 0 Å². The number of carboxylic acid groups (broad SMARTS) is 1. The van der Waals surface area contributed by atoms with E-state index in [9.17, 15) is 13.2 Å². The van der Waals surface area contributed by atoms with E-state index in [1.807, 2.05) is 0 Å². The number of nitrogens with zero attached hydrogens (tertiary/aromatic N) is 2. The third-order valence-corrected chi connectivity index (χ3v) is 2.98. The van der Waals surface area contributed by atoms with Crippen LogP contribution in [0.25, 0.3) is 0 Å². The molecule has 0 spiro atoms. The quantitative estimate of drug-likeness (QED) is 0.778. The summed E-state index contributed by atoms with van der Waals surface area (Å²) >= 11 is 0. The zero-order valence-corrected chi connectivity index (χ0v) is 9.20. The summed E-state index contributed by atoms with van der Waals surface area (Å²) < 4.78 is 23.0. The van der Waals surface area contributed by atoms with Gasteiger partial charge in [0.05, 0.1) is 6.20 Å².